The lowest BCUT2D eigenvalue weighted by Gasteiger charge is -2.04. The lowest BCUT2D eigenvalue weighted by atomic mass is 10.5. The summed E-state index contributed by atoms with van der Waals surface area (Å²) in [6.07, 6.45) is 2.46. The molecule has 18 heavy (non-hydrogen) atoms. The molecule has 0 amide bonds. The Labute approximate surface area is 106 Å². The van der Waals surface area contributed by atoms with Crippen LogP contribution in [0.15, 0.2) is 38.3 Å². The van der Waals surface area contributed by atoms with E-state index in [0.717, 1.165) is 23.6 Å². The summed E-state index contributed by atoms with van der Waals surface area (Å²) in [6, 6.07) is 1.13. The van der Waals surface area contributed by atoms with Crippen LogP contribution in [0.2, 0.25) is 0 Å². The van der Waals surface area contributed by atoms with E-state index in [1.54, 1.807) is 0 Å². The molecule has 0 spiro atoms. The fourth-order valence-corrected chi connectivity index (χ4v) is 2.90. The Kier molecular flexibility index (Phi) is 3.45. The monoisotopic (exact) mass is 287 g/mol. The van der Waals surface area contributed by atoms with Crippen molar-refractivity contribution in [2.75, 3.05) is 0 Å². The van der Waals surface area contributed by atoms with Crippen molar-refractivity contribution >= 4 is 21.4 Å². The van der Waals surface area contributed by atoms with Crippen molar-refractivity contribution < 1.29 is 8.42 Å². The summed E-state index contributed by atoms with van der Waals surface area (Å²) in [6.45, 7) is -0.0740. The highest BCUT2D eigenvalue weighted by Gasteiger charge is 2.17. The molecular weight excluding hydrogens is 278 g/mol. The number of aromatic nitrogens is 2. The highest BCUT2D eigenvalue weighted by atomic mass is 32.2. The number of hydrogen-bond donors (Lipinski definition) is 3. The van der Waals surface area contributed by atoms with Crippen molar-refractivity contribution in [3.05, 3.63) is 49.4 Å². The van der Waals surface area contributed by atoms with E-state index in [1.807, 2.05) is 0 Å². The Morgan fingerprint density at radius 2 is 2.11 bits per heavy atom. The first-order valence-electron chi connectivity index (χ1n) is 4.82. The van der Waals surface area contributed by atoms with E-state index in [0.29, 0.717) is 5.69 Å². The second-order valence-electron chi connectivity index (χ2n) is 3.37. The average molecular weight is 287 g/mol. The molecule has 0 aromatic carbocycles. The summed E-state index contributed by atoms with van der Waals surface area (Å²) < 4.78 is 25.9. The van der Waals surface area contributed by atoms with E-state index in [1.165, 1.54) is 11.6 Å². The van der Waals surface area contributed by atoms with Gasteiger partial charge in [-0.3, -0.25) is 9.59 Å². The molecule has 0 radical (unpaired) electrons. The molecule has 7 nitrogen and oxygen atoms in total. The third kappa shape index (κ3) is 2.75. The van der Waals surface area contributed by atoms with Crippen LogP contribution in [-0.4, -0.2) is 18.4 Å². The van der Waals surface area contributed by atoms with Crippen LogP contribution in [0.4, 0.5) is 0 Å². The van der Waals surface area contributed by atoms with E-state index in [-0.39, 0.29) is 16.3 Å². The van der Waals surface area contributed by atoms with E-state index in [9.17, 15) is 18.0 Å². The van der Waals surface area contributed by atoms with Crippen molar-refractivity contribution in [3.63, 3.8) is 0 Å². The third-order valence-corrected chi connectivity index (χ3v) is 4.24. The zero-order valence-corrected chi connectivity index (χ0v) is 10.6. The molecule has 0 aliphatic carbocycles. The standard InChI is InChI=1S/C9H9N3O4S2/c13-7-1-2-10-4-8(7)18(15,16)11-3-6-5-17-9(14)12-6/h1-2,4-5,11H,3H2,(H,10,13)(H,12,14). The van der Waals surface area contributed by atoms with Crippen LogP contribution in [0.5, 0.6) is 0 Å². The van der Waals surface area contributed by atoms with Crippen molar-refractivity contribution in [1.82, 2.24) is 14.7 Å². The molecule has 3 N–H and O–H groups in total. The maximum Gasteiger partial charge on any atom is 0.304 e. The summed E-state index contributed by atoms with van der Waals surface area (Å²) in [5.41, 5.74) is -0.152. The van der Waals surface area contributed by atoms with Gasteiger partial charge in [0.2, 0.25) is 15.5 Å². The molecule has 2 aromatic rings. The zero-order chi connectivity index (χ0) is 13.2. The molecule has 0 saturated carbocycles. The first kappa shape index (κ1) is 12.7. The van der Waals surface area contributed by atoms with Crippen molar-refractivity contribution in [3.8, 4) is 0 Å². The average Bonchev–Trinajstić information content (AvgIpc) is 2.73. The van der Waals surface area contributed by atoms with Crippen molar-refractivity contribution in [2.24, 2.45) is 0 Å². The minimum atomic E-state index is -3.89. The quantitative estimate of drug-likeness (QED) is 0.710. The summed E-state index contributed by atoms with van der Waals surface area (Å²) in [5, 5.41) is 1.51. The fraction of sp³-hybridized carbons (Fsp3) is 0.111. The molecule has 0 unspecified atom stereocenters. The Bertz CT molecular complexity index is 756. The first-order chi connectivity index (χ1) is 8.49. The van der Waals surface area contributed by atoms with Gasteiger partial charge < -0.3 is 9.97 Å². The maximum absolute atomic E-state index is 11.8. The molecule has 0 fully saturated rings. The third-order valence-electron chi connectivity index (χ3n) is 2.10. The van der Waals surface area contributed by atoms with Crippen LogP contribution in [0, 0.1) is 0 Å². The van der Waals surface area contributed by atoms with E-state index >= 15 is 0 Å². The number of thiazole rings is 1. The molecule has 96 valence electrons. The minimum absolute atomic E-state index is 0.0740. The number of rotatable bonds is 4. The molecule has 9 heteroatoms. The summed E-state index contributed by atoms with van der Waals surface area (Å²) in [7, 11) is -3.89. The normalized spacial score (nSPS) is 11.6. The number of pyridine rings is 1. The second kappa shape index (κ2) is 4.88. The number of nitrogens with one attached hydrogen (secondary N) is 3. The number of sulfonamides is 1. The van der Waals surface area contributed by atoms with Crippen LogP contribution in [0.3, 0.4) is 0 Å². The van der Waals surface area contributed by atoms with Gasteiger partial charge in [0.25, 0.3) is 0 Å². The Hall–Kier alpha value is -1.71. The predicted molar refractivity (Wildman–Crippen MR) is 66.0 cm³/mol. The largest absolute Gasteiger partial charge is 0.366 e. The van der Waals surface area contributed by atoms with Gasteiger partial charge in [-0.1, -0.05) is 11.3 Å². The molecule has 0 saturated heterocycles. The molecule has 2 rings (SSSR count). The van der Waals surface area contributed by atoms with Crippen LogP contribution >= 0.6 is 11.3 Å². The molecule has 0 bridgehead atoms. The molecule has 0 aliphatic heterocycles. The lowest BCUT2D eigenvalue weighted by Crippen LogP contribution is -2.28. The summed E-state index contributed by atoms with van der Waals surface area (Å²) >= 11 is 0.940. The fourth-order valence-electron chi connectivity index (χ4n) is 1.26. The van der Waals surface area contributed by atoms with Gasteiger partial charge >= 0.3 is 4.87 Å². The Morgan fingerprint density at radius 3 is 2.72 bits per heavy atom. The molecule has 2 aromatic heterocycles. The highest BCUT2D eigenvalue weighted by Crippen LogP contribution is 2.02. The lowest BCUT2D eigenvalue weighted by molar-refractivity contribution is 0.579. The summed E-state index contributed by atoms with van der Waals surface area (Å²) in [4.78, 5) is 26.6. The van der Waals surface area contributed by atoms with Crippen molar-refractivity contribution in [1.29, 1.82) is 0 Å². The van der Waals surface area contributed by atoms with Gasteiger partial charge in [0, 0.05) is 29.5 Å². The van der Waals surface area contributed by atoms with Gasteiger partial charge in [-0.15, -0.1) is 0 Å². The second-order valence-corrected chi connectivity index (χ2v) is 5.95. The zero-order valence-electron chi connectivity index (χ0n) is 8.97. The van der Waals surface area contributed by atoms with Gasteiger partial charge in [-0.25, -0.2) is 13.1 Å². The number of hydrogen-bond acceptors (Lipinski definition) is 5. The van der Waals surface area contributed by atoms with Crippen LogP contribution < -0.4 is 15.0 Å². The van der Waals surface area contributed by atoms with Crippen LogP contribution in [0.1, 0.15) is 5.69 Å². The molecule has 2 heterocycles. The number of H-pyrrole nitrogens is 2. The van der Waals surface area contributed by atoms with Gasteiger partial charge in [-0.05, 0) is 0 Å². The van der Waals surface area contributed by atoms with Gasteiger partial charge in [0.15, 0.2) is 0 Å². The first-order valence-corrected chi connectivity index (χ1v) is 7.19. The smallest absolute Gasteiger partial charge is 0.304 e. The van der Waals surface area contributed by atoms with Gasteiger partial charge in [0.1, 0.15) is 4.90 Å². The topological polar surface area (TPSA) is 112 Å². The molecule has 0 aliphatic rings. The van der Waals surface area contributed by atoms with Crippen LogP contribution in [0.25, 0.3) is 0 Å². The highest BCUT2D eigenvalue weighted by molar-refractivity contribution is 7.89. The maximum atomic E-state index is 11.8. The van der Waals surface area contributed by atoms with Crippen LogP contribution in [-0.2, 0) is 16.6 Å². The number of aromatic amines is 2. The SMILES string of the molecule is O=c1[nH]c(CNS(=O)(=O)c2c[nH]ccc2=O)cs1. The Balaban J connectivity index is 2.21. The molecular formula is C9H9N3O4S2. The van der Waals surface area contributed by atoms with E-state index < -0.39 is 15.5 Å². The minimum Gasteiger partial charge on any atom is -0.366 e. The summed E-state index contributed by atoms with van der Waals surface area (Å²) in [5.74, 6) is 0. The van der Waals surface area contributed by atoms with Gasteiger partial charge in [0.05, 0.1) is 6.54 Å². The van der Waals surface area contributed by atoms with E-state index in [2.05, 4.69) is 14.7 Å². The van der Waals surface area contributed by atoms with E-state index in [4.69, 9.17) is 0 Å². The van der Waals surface area contributed by atoms with Gasteiger partial charge in [-0.2, -0.15) is 0 Å². The molecule has 0 atom stereocenters. The predicted octanol–water partition coefficient (Wildman–Crippen LogP) is -0.397. The van der Waals surface area contributed by atoms with Crippen molar-refractivity contribution in [2.45, 2.75) is 11.4 Å². The Morgan fingerprint density at radius 1 is 1.33 bits per heavy atom.